The van der Waals surface area contributed by atoms with Crippen LogP contribution in [0.3, 0.4) is 0 Å². The van der Waals surface area contributed by atoms with Gasteiger partial charge in [-0.15, -0.1) is 0 Å². The lowest BCUT2D eigenvalue weighted by molar-refractivity contribution is 0.0697. The third-order valence-corrected chi connectivity index (χ3v) is 2.87. The molecule has 0 saturated carbocycles. The van der Waals surface area contributed by atoms with Gasteiger partial charge in [-0.2, -0.15) is 0 Å². The summed E-state index contributed by atoms with van der Waals surface area (Å²) in [4.78, 5) is 11.0. The van der Waals surface area contributed by atoms with E-state index in [4.69, 9.17) is 5.11 Å². The van der Waals surface area contributed by atoms with Crippen molar-refractivity contribution in [2.24, 2.45) is 0 Å². The number of aromatic carboxylic acids is 1. The first kappa shape index (κ1) is 10.7. The number of carbonyl (C=O) groups is 1. The van der Waals surface area contributed by atoms with Gasteiger partial charge in [0.1, 0.15) is 0 Å². The van der Waals surface area contributed by atoms with Crippen molar-refractivity contribution >= 4 is 16.7 Å². The van der Waals surface area contributed by atoms with Crippen LogP contribution < -0.4 is 0 Å². The monoisotopic (exact) mass is 214 g/mol. The van der Waals surface area contributed by atoms with E-state index in [1.165, 1.54) is 5.56 Å². The minimum atomic E-state index is -0.870. The van der Waals surface area contributed by atoms with Crippen molar-refractivity contribution in [1.82, 2.24) is 0 Å². The molecular formula is C14H14O2. The van der Waals surface area contributed by atoms with Crippen LogP contribution in [-0.4, -0.2) is 11.1 Å². The van der Waals surface area contributed by atoms with Crippen molar-refractivity contribution in [3.05, 3.63) is 46.5 Å². The minimum absolute atomic E-state index is 0.358. The molecule has 0 aliphatic rings. The number of aryl methyl sites for hydroxylation is 3. The summed E-state index contributed by atoms with van der Waals surface area (Å²) in [6, 6.07) is 7.65. The Balaban J connectivity index is 2.87. The Morgan fingerprint density at radius 1 is 0.938 bits per heavy atom. The van der Waals surface area contributed by atoms with E-state index in [0.717, 1.165) is 21.9 Å². The summed E-state index contributed by atoms with van der Waals surface area (Å²) in [5.74, 6) is -0.870. The summed E-state index contributed by atoms with van der Waals surface area (Å²) in [6.45, 7) is 6.02. The molecule has 0 heterocycles. The fraction of sp³-hybridized carbons (Fsp3) is 0.214. The molecule has 0 spiro atoms. The first-order valence-corrected chi connectivity index (χ1v) is 5.24. The van der Waals surface area contributed by atoms with Crippen molar-refractivity contribution in [1.29, 1.82) is 0 Å². The van der Waals surface area contributed by atoms with Crippen molar-refractivity contribution in [2.75, 3.05) is 0 Å². The van der Waals surface area contributed by atoms with E-state index >= 15 is 0 Å². The summed E-state index contributed by atoms with van der Waals surface area (Å²) in [5, 5.41) is 11.2. The molecule has 2 aromatic carbocycles. The Kier molecular flexibility index (Phi) is 2.43. The highest BCUT2D eigenvalue weighted by molar-refractivity contribution is 5.97. The fourth-order valence-electron chi connectivity index (χ4n) is 2.13. The summed E-state index contributed by atoms with van der Waals surface area (Å²) in [5.41, 5.74) is 3.70. The maximum absolute atomic E-state index is 11.0. The van der Waals surface area contributed by atoms with E-state index in [-0.39, 0.29) is 0 Å². The molecule has 0 bridgehead atoms. The fourth-order valence-corrected chi connectivity index (χ4v) is 2.13. The zero-order valence-electron chi connectivity index (χ0n) is 9.66. The van der Waals surface area contributed by atoms with Gasteiger partial charge in [0.15, 0.2) is 0 Å². The molecule has 0 atom stereocenters. The van der Waals surface area contributed by atoms with Gasteiger partial charge in [0.05, 0.1) is 5.56 Å². The first-order valence-electron chi connectivity index (χ1n) is 5.24. The SMILES string of the molecule is Cc1cc(C)c2cc(C(=O)O)cc(C)c2c1. The second-order valence-electron chi connectivity index (χ2n) is 4.28. The summed E-state index contributed by atoms with van der Waals surface area (Å²) in [6.07, 6.45) is 0. The number of rotatable bonds is 1. The highest BCUT2D eigenvalue weighted by atomic mass is 16.4. The van der Waals surface area contributed by atoms with Gasteiger partial charge in [-0.1, -0.05) is 17.7 Å². The van der Waals surface area contributed by atoms with Crippen LogP contribution in [0.1, 0.15) is 27.0 Å². The second kappa shape index (κ2) is 3.63. The van der Waals surface area contributed by atoms with Gasteiger partial charge in [-0.25, -0.2) is 4.79 Å². The zero-order chi connectivity index (χ0) is 11.9. The molecular weight excluding hydrogens is 200 g/mol. The van der Waals surface area contributed by atoms with Crippen molar-refractivity contribution in [3.8, 4) is 0 Å². The van der Waals surface area contributed by atoms with Crippen LogP contribution >= 0.6 is 0 Å². The number of benzene rings is 2. The molecule has 2 heteroatoms. The van der Waals surface area contributed by atoms with E-state index in [0.29, 0.717) is 5.56 Å². The van der Waals surface area contributed by atoms with Gasteiger partial charge in [0.2, 0.25) is 0 Å². The van der Waals surface area contributed by atoms with Crippen molar-refractivity contribution in [2.45, 2.75) is 20.8 Å². The zero-order valence-corrected chi connectivity index (χ0v) is 9.66. The molecule has 2 aromatic rings. The molecule has 0 unspecified atom stereocenters. The molecule has 0 saturated heterocycles. The highest BCUT2D eigenvalue weighted by Crippen LogP contribution is 2.25. The summed E-state index contributed by atoms with van der Waals surface area (Å²) >= 11 is 0. The van der Waals surface area contributed by atoms with Gasteiger partial charge in [0.25, 0.3) is 0 Å². The standard InChI is InChI=1S/C14H14O2/c1-8-4-9(2)13-7-11(14(15)16)6-10(3)12(13)5-8/h4-7H,1-3H3,(H,15,16). The maximum Gasteiger partial charge on any atom is 0.335 e. The normalized spacial score (nSPS) is 10.7. The maximum atomic E-state index is 11.0. The minimum Gasteiger partial charge on any atom is -0.478 e. The van der Waals surface area contributed by atoms with E-state index in [1.54, 1.807) is 12.1 Å². The quantitative estimate of drug-likeness (QED) is 0.789. The average molecular weight is 214 g/mol. The Labute approximate surface area is 94.5 Å². The van der Waals surface area contributed by atoms with Crippen LogP contribution in [0.5, 0.6) is 0 Å². The van der Waals surface area contributed by atoms with Gasteiger partial charge in [0, 0.05) is 0 Å². The third-order valence-electron chi connectivity index (χ3n) is 2.87. The molecule has 0 aliphatic heterocycles. The number of carboxylic acids is 1. The molecule has 0 amide bonds. The smallest absolute Gasteiger partial charge is 0.335 e. The summed E-state index contributed by atoms with van der Waals surface area (Å²) < 4.78 is 0. The molecule has 16 heavy (non-hydrogen) atoms. The first-order chi connectivity index (χ1) is 7.49. The van der Waals surface area contributed by atoms with Crippen LogP contribution in [0.15, 0.2) is 24.3 Å². The van der Waals surface area contributed by atoms with Gasteiger partial charge >= 0.3 is 5.97 Å². The van der Waals surface area contributed by atoms with E-state index < -0.39 is 5.97 Å². The lowest BCUT2D eigenvalue weighted by Gasteiger charge is -2.08. The summed E-state index contributed by atoms with van der Waals surface area (Å²) in [7, 11) is 0. The Morgan fingerprint density at radius 3 is 2.12 bits per heavy atom. The molecule has 82 valence electrons. The van der Waals surface area contributed by atoms with Crippen LogP contribution in [0, 0.1) is 20.8 Å². The third kappa shape index (κ3) is 1.67. The molecule has 0 aliphatic carbocycles. The number of hydrogen-bond donors (Lipinski definition) is 1. The van der Waals surface area contributed by atoms with Crippen molar-refractivity contribution in [3.63, 3.8) is 0 Å². The van der Waals surface area contributed by atoms with Crippen LogP contribution in [0.2, 0.25) is 0 Å². The molecule has 0 aromatic heterocycles. The molecule has 0 fully saturated rings. The number of hydrogen-bond acceptors (Lipinski definition) is 1. The van der Waals surface area contributed by atoms with E-state index in [2.05, 4.69) is 19.1 Å². The average Bonchev–Trinajstić information content (AvgIpc) is 2.19. The number of carboxylic acid groups (broad SMARTS) is 1. The predicted octanol–water partition coefficient (Wildman–Crippen LogP) is 3.46. The second-order valence-corrected chi connectivity index (χ2v) is 4.28. The Hall–Kier alpha value is -1.83. The Bertz CT molecular complexity index is 583. The van der Waals surface area contributed by atoms with E-state index in [9.17, 15) is 4.79 Å². The highest BCUT2D eigenvalue weighted by Gasteiger charge is 2.08. The van der Waals surface area contributed by atoms with Crippen LogP contribution in [0.25, 0.3) is 10.8 Å². The lowest BCUT2D eigenvalue weighted by atomic mass is 9.96. The molecule has 2 nitrogen and oxygen atoms in total. The van der Waals surface area contributed by atoms with Crippen molar-refractivity contribution < 1.29 is 9.90 Å². The predicted molar refractivity (Wildman–Crippen MR) is 65.1 cm³/mol. The molecule has 0 radical (unpaired) electrons. The van der Waals surface area contributed by atoms with Gasteiger partial charge in [-0.3, -0.25) is 0 Å². The number of fused-ring (bicyclic) bond motifs is 1. The van der Waals surface area contributed by atoms with Crippen LogP contribution in [-0.2, 0) is 0 Å². The molecule has 2 rings (SSSR count). The lowest BCUT2D eigenvalue weighted by Crippen LogP contribution is -1.98. The largest absolute Gasteiger partial charge is 0.478 e. The molecule has 1 N–H and O–H groups in total. The topological polar surface area (TPSA) is 37.3 Å². The van der Waals surface area contributed by atoms with Crippen LogP contribution in [0.4, 0.5) is 0 Å². The van der Waals surface area contributed by atoms with Gasteiger partial charge in [-0.05, 0) is 54.8 Å². The van der Waals surface area contributed by atoms with Gasteiger partial charge < -0.3 is 5.11 Å². The Morgan fingerprint density at radius 2 is 1.50 bits per heavy atom. The van der Waals surface area contributed by atoms with E-state index in [1.807, 2.05) is 13.8 Å².